The molecule has 1 heteroatoms. The van der Waals surface area contributed by atoms with Crippen molar-refractivity contribution in [2.45, 2.75) is 91.1 Å². The molecule has 7 atom stereocenters. The van der Waals surface area contributed by atoms with E-state index in [1.54, 1.807) is 5.57 Å². The van der Waals surface area contributed by atoms with E-state index in [9.17, 15) is 5.11 Å². The highest BCUT2D eigenvalue weighted by molar-refractivity contribution is 5.25. The van der Waals surface area contributed by atoms with Gasteiger partial charge in [0.1, 0.15) is 0 Å². The van der Waals surface area contributed by atoms with Gasteiger partial charge in [-0.2, -0.15) is 0 Å². The maximum absolute atomic E-state index is 10.7. The smallest absolute Gasteiger partial charge is 0.0623 e. The molecule has 0 aliphatic heterocycles. The summed E-state index contributed by atoms with van der Waals surface area (Å²) in [4.78, 5) is 0. The maximum Gasteiger partial charge on any atom is 0.0623 e. The third kappa shape index (κ3) is 2.59. The standard InChI is InChI=1S/C24H38O/c1-16(2)19-8-9-20-18-7-6-17-10-12-22(3,25)14-15-23(17,4)21(18)11-13-24(19,20)5/h6,18-21,25H,1,7-15H2,2-5H3/t18-,19+,20-,21-,22-,23-,24+/m0/s1. The van der Waals surface area contributed by atoms with Gasteiger partial charge in [0, 0.05) is 0 Å². The summed E-state index contributed by atoms with van der Waals surface area (Å²) < 4.78 is 0. The van der Waals surface area contributed by atoms with Gasteiger partial charge in [-0.3, -0.25) is 0 Å². The maximum atomic E-state index is 10.7. The lowest BCUT2D eigenvalue weighted by molar-refractivity contribution is -0.0353. The fourth-order valence-corrected chi connectivity index (χ4v) is 7.76. The Bertz CT molecular complexity index is 599. The van der Waals surface area contributed by atoms with Crippen molar-refractivity contribution in [3.63, 3.8) is 0 Å². The lowest BCUT2D eigenvalue weighted by Gasteiger charge is -2.56. The minimum Gasteiger partial charge on any atom is -0.390 e. The van der Waals surface area contributed by atoms with Gasteiger partial charge in [-0.15, -0.1) is 0 Å². The Morgan fingerprint density at radius 2 is 1.80 bits per heavy atom. The fourth-order valence-electron chi connectivity index (χ4n) is 7.76. The molecule has 0 bridgehead atoms. The third-order valence-corrected chi connectivity index (χ3v) is 9.34. The molecule has 3 saturated carbocycles. The van der Waals surface area contributed by atoms with E-state index in [2.05, 4.69) is 40.3 Å². The van der Waals surface area contributed by atoms with Gasteiger partial charge < -0.3 is 5.11 Å². The molecule has 1 nitrogen and oxygen atoms in total. The number of hydrogen-bond acceptors (Lipinski definition) is 1. The number of rotatable bonds is 1. The van der Waals surface area contributed by atoms with Gasteiger partial charge in [-0.25, -0.2) is 0 Å². The summed E-state index contributed by atoms with van der Waals surface area (Å²) in [5.74, 6) is 3.32. The van der Waals surface area contributed by atoms with E-state index in [1.165, 1.54) is 44.1 Å². The Kier molecular flexibility index (Phi) is 4.08. The van der Waals surface area contributed by atoms with Crippen molar-refractivity contribution in [3.8, 4) is 0 Å². The van der Waals surface area contributed by atoms with Crippen LogP contribution in [0.4, 0.5) is 0 Å². The van der Waals surface area contributed by atoms with Gasteiger partial charge in [0.2, 0.25) is 0 Å². The van der Waals surface area contributed by atoms with Crippen LogP contribution in [0.2, 0.25) is 0 Å². The monoisotopic (exact) mass is 342 g/mol. The second-order valence-corrected chi connectivity index (χ2v) is 10.8. The van der Waals surface area contributed by atoms with Crippen molar-refractivity contribution in [2.24, 2.45) is 34.5 Å². The summed E-state index contributed by atoms with van der Waals surface area (Å²) >= 11 is 0. The molecular weight excluding hydrogens is 304 g/mol. The highest BCUT2D eigenvalue weighted by Gasteiger charge is 2.58. The SMILES string of the molecule is C=C(C)[C@H]1CC[C@H]2[C@@H]3CC=C4CC[C@](C)(O)CC[C@]4(C)[C@H]3CC[C@]12C. The molecule has 0 saturated heterocycles. The summed E-state index contributed by atoms with van der Waals surface area (Å²) in [5.41, 5.74) is 3.48. The zero-order valence-corrected chi connectivity index (χ0v) is 16.9. The molecule has 3 fully saturated rings. The summed E-state index contributed by atoms with van der Waals surface area (Å²) in [7, 11) is 0. The topological polar surface area (TPSA) is 20.2 Å². The highest BCUT2D eigenvalue weighted by Crippen LogP contribution is 2.66. The molecule has 0 spiro atoms. The molecule has 25 heavy (non-hydrogen) atoms. The van der Waals surface area contributed by atoms with Crippen LogP contribution in [0.15, 0.2) is 23.8 Å². The second kappa shape index (κ2) is 5.72. The van der Waals surface area contributed by atoms with Gasteiger partial charge in [0.05, 0.1) is 5.60 Å². The van der Waals surface area contributed by atoms with E-state index in [-0.39, 0.29) is 0 Å². The Morgan fingerprint density at radius 1 is 1.04 bits per heavy atom. The largest absolute Gasteiger partial charge is 0.390 e. The van der Waals surface area contributed by atoms with Crippen LogP contribution >= 0.6 is 0 Å². The zero-order chi connectivity index (χ0) is 18.0. The first-order valence-electron chi connectivity index (χ1n) is 10.7. The average Bonchev–Trinajstić information content (AvgIpc) is 2.84. The molecule has 0 amide bonds. The Morgan fingerprint density at radius 3 is 2.52 bits per heavy atom. The van der Waals surface area contributed by atoms with Crippen LogP contribution in [-0.4, -0.2) is 10.7 Å². The summed E-state index contributed by atoms with van der Waals surface area (Å²) in [6.07, 6.45) is 13.7. The highest BCUT2D eigenvalue weighted by atomic mass is 16.3. The summed E-state index contributed by atoms with van der Waals surface area (Å²) in [5, 5.41) is 10.7. The molecule has 4 aliphatic rings. The van der Waals surface area contributed by atoms with Gasteiger partial charge in [-0.05, 0) is 106 Å². The lowest BCUT2D eigenvalue weighted by Crippen LogP contribution is -2.48. The van der Waals surface area contributed by atoms with Gasteiger partial charge in [0.25, 0.3) is 0 Å². The van der Waals surface area contributed by atoms with E-state index >= 15 is 0 Å². The van der Waals surface area contributed by atoms with Crippen LogP contribution in [-0.2, 0) is 0 Å². The number of aliphatic hydroxyl groups is 1. The number of fused-ring (bicyclic) bond motifs is 5. The molecule has 0 aromatic heterocycles. The molecule has 4 rings (SSSR count). The van der Waals surface area contributed by atoms with Gasteiger partial charge in [-0.1, -0.05) is 37.6 Å². The predicted molar refractivity (Wildman–Crippen MR) is 105 cm³/mol. The average molecular weight is 343 g/mol. The van der Waals surface area contributed by atoms with Gasteiger partial charge >= 0.3 is 0 Å². The molecule has 0 unspecified atom stereocenters. The molecular formula is C24H38O. The fraction of sp³-hybridized carbons (Fsp3) is 0.833. The molecule has 0 heterocycles. The van der Waals surface area contributed by atoms with Crippen LogP contribution in [0.3, 0.4) is 0 Å². The minimum absolute atomic E-state index is 0.339. The van der Waals surface area contributed by atoms with E-state index in [0.29, 0.717) is 10.8 Å². The molecule has 0 aromatic carbocycles. The lowest BCUT2D eigenvalue weighted by atomic mass is 9.48. The van der Waals surface area contributed by atoms with E-state index in [0.717, 1.165) is 42.9 Å². The quantitative estimate of drug-likeness (QED) is 0.556. The molecule has 140 valence electrons. The van der Waals surface area contributed by atoms with Crippen LogP contribution in [0, 0.1) is 34.5 Å². The zero-order valence-electron chi connectivity index (χ0n) is 16.9. The Labute approximate surface area is 155 Å². The van der Waals surface area contributed by atoms with E-state index in [1.807, 2.05) is 0 Å². The first-order chi connectivity index (χ1) is 11.7. The summed E-state index contributed by atoms with van der Waals surface area (Å²) in [6.45, 7) is 13.8. The first-order valence-corrected chi connectivity index (χ1v) is 10.7. The predicted octanol–water partition coefficient (Wildman–Crippen LogP) is 6.28. The van der Waals surface area contributed by atoms with E-state index < -0.39 is 5.60 Å². The third-order valence-electron chi connectivity index (χ3n) is 9.34. The first kappa shape index (κ1) is 17.8. The normalized spacial score (nSPS) is 52.4. The van der Waals surface area contributed by atoms with Crippen LogP contribution in [0.5, 0.6) is 0 Å². The van der Waals surface area contributed by atoms with Gasteiger partial charge in [0.15, 0.2) is 0 Å². The van der Waals surface area contributed by atoms with Crippen LogP contribution in [0.1, 0.15) is 85.5 Å². The number of hydrogen-bond donors (Lipinski definition) is 1. The number of allylic oxidation sites excluding steroid dienone is 3. The van der Waals surface area contributed by atoms with E-state index in [4.69, 9.17) is 0 Å². The van der Waals surface area contributed by atoms with Crippen LogP contribution < -0.4 is 0 Å². The van der Waals surface area contributed by atoms with Crippen LogP contribution in [0.25, 0.3) is 0 Å². The molecule has 0 aromatic rings. The van der Waals surface area contributed by atoms with Crippen molar-refractivity contribution in [3.05, 3.63) is 23.8 Å². The van der Waals surface area contributed by atoms with Crippen molar-refractivity contribution in [2.75, 3.05) is 0 Å². The minimum atomic E-state index is -0.460. The molecule has 4 aliphatic carbocycles. The van der Waals surface area contributed by atoms with Crippen molar-refractivity contribution in [1.82, 2.24) is 0 Å². The summed E-state index contributed by atoms with van der Waals surface area (Å²) in [6, 6.07) is 0. The van der Waals surface area contributed by atoms with Crippen molar-refractivity contribution in [1.29, 1.82) is 0 Å². The van der Waals surface area contributed by atoms with Crippen molar-refractivity contribution < 1.29 is 5.11 Å². The molecule has 0 radical (unpaired) electrons. The Hall–Kier alpha value is -0.560. The molecule has 1 N–H and O–H groups in total. The second-order valence-electron chi connectivity index (χ2n) is 10.8. The van der Waals surface area contributed by atoms with Crippen molar-refractivity contribution >= 4 is 0 Å². The Balaban J connectivity index is 1.65.